The molecule has 3 aromatic carbocycles. The number of anilines is 2. The maximum Gasteiger partial charge on any atom is 0.279 e. The topological polar surface area (TPSA) is 73.1 Å². The van der Waals surface area contributed by atoms with Crippen molar-refractivity contribution in [3.05, 3.63) is 96.7 Å². The van der Waals surface area contributed by atoms with Gasteiger partial charge in [-0.05, 0) is 37.1 Å². The molecule has 0 fully saturated rings. The summed E-state index contributed by atoms with van der Waals surface area (Å²) in [4.78, 5) is 38.1. The van der Waals surface area contributed by atoms with Crippen LogP contribution in [0.4, 0.5) is 11.4 Å². The van der Waals surface area contributed by atoms with Crippen molar-refractivity contribution in [2.75, 3.05) is 5.32 Å². The van der Waals surface area contributed by atoms with E-state index >= 15 is 0 Å². The van der Waals surface area contributed by atoms with Crippen LogP contribution in [0.2, 0.25) is 0 Å². The van der Waals surface area contributed by atoms with Crippen LogP contribution in [-0.2, 0) is 13.5 Å². The van der Waals surface area contributed by atoms with Crippen molar-refractivity contribution < 1.29 is 0 Å². The fourth-order valence-electron chi connectivity index (χ4n) is 3.69. The second-order valence-electron chi connectivity index (χ2n) is 6.98. The number of hydrogen-bond donors (Lipinski definition) is 1. The Bertz CT molecular complexity index is 1340. The zero-order chi connectivity index (χ0) is 20.7. The number of aryl methyl sites for hydroxylation is 1. The number of nitrogens with one attached hydrogen (secondary N) is 1. The van der Waals surface area contributed by atoms with E-state index in [2.05, 4.69) is 5.32 Å². The molecule has 1 heterocycles. The molecule has 4 aromatic rings. The molecule has 29 heavy (non-hydrogen) atoms. The largest absolute Gasteiger partial charge is 0.351 e. The molecule has 146 valence electrons. The lowest BCUT2D eigenvalue weighted by atomic mass is 9.98. The highest BCUT2D eigenvalue weighted by Crippen LogP contribution is 2.29. The molecule has 0 bridgehead atoms. The van der Waals surface area contributed by atoms with Crippen molar-refractivity contribution >= 4 is 11.4 Å². The van der Waals surface area contributed by atoms with Crippen LogP contribution in [0.3, 0.4) is 0 Å². The number of hydrogen-bond acceptors (Lipinski definition) is 4. The fraction of sp³-hybridized carbons (Fsp3) is 0.174. The first-order valence-electron chi connectivity index (χ1n) is 9.48. The van der Waals surface area contributed by atoms with Crippen LogP contribution in [-0.4, -0.2) is 9.36 Å². The summed E-state index contributed by atoms with van der Waals surface area (Å²) in [5, 5.41) is 3.10. The standard InChI is InChI=1S/C23H21N3O3/c1-4-15-10-8-9-13-17(15)24-20-19(21(27)22(20)28)18-14(2)25(3)26(23(18)29)16-11-6-5-7-12-16/h5-13,24H,4H2,1-3H3. The van der Waals surface area contributed by atoms with Crippen molar-refractivity contribution in [3.8, 4) is 16.8 Å². The maximum atomic E-state index is 13.2. The summed E-state index contributed by atoms with van der Waals surface area (Å²) in [6.07, 6.45) is 0.777. The second kappa shape index (κ2) is 7.05. The van der Waals surface area contributed by atoms with Crippen LogP contribution < -0.4 is 21.7 Å². The van der Waals surface area contributed by atoms with Gasteiger partial charge in [-0.2, -0.15) is 0 Å². The number of para-hydroxylation sites is 2. The van der Waals surface area contributed by atoms with E-state index in [1.54, 1.807) is 18.7 Å². The molecule has 0 saturated heterocycles. The van der Waals surface area contributed by atoms with Crippen molar-refractivity contribution in [1.82, 2.24) is 9.36 Å². The zero-order valence-corrected chi connectivity index (χ0v) is 16.5. The lowest BCUT2D eigenvalue weighted by molar-refractivity contribution is 0.630. The predicted octanol–water partition coefficient (Wildman–Crippen LogP) is 3.05. The van der Waals surface area contributed by atoms with Crippen molar-refractivity contribution in [2.45, 2.75) is 20.3 Å². The average molecular weight is 387 g/mol. The van der Waals surface area contributed by atoms with Gasteiger partial charge in [0.1, 0.15) is 5.69 Å². The Morgan fingerprint density at radius 2 is 1.52 bits per heavy atom. The molecule has 4 rings (SSSR count). The minimum atomic E-state index is -0.632. The molecule has 6 nitrogen and oxygen atoms in total. The second-order valence-corrected chi connectivity index (χ2v) is 6.98. The molecular formula is C23H21N3O3. The molecule has 0 amide bonds. The Balaban J connectivity index is 1.88. The first kappa shape index (κ1) is 18.7. The van der Waals surface area contributed by atoms with Gasteiger partial charge in [-0.1, -0.05) is 43.3 Å². The van der Waals surface area contributed by atoms with Crippen LogP contribution in [0.15, 0.2) is 69.0 Å². The van der Waals surface area contributed by atoms with Crippen LogP contribution in [0.1, 0.15) is 18.2 Å². The number of rotatable bonds is 5. The molecule has 0 unspecified atom stereocenters. The van der Waals surface area contributed by atoms with E-state index in [1.165, 1.54) is 4.68 Å². The summed E-state index contributed by atoms with van der Waals surface area (Å²) in [7, 11) is 1.76. The summed E-state index contributed by atoms with van der Waals surface area (Å²) >= 11 is 0. The molecule has 0 spiro atoms. The quantitative estimate of drug-likeness (QED) is 0.534. The lowest BCUT2D eigenvalue weighted by Gasteiger charge is -2.15. The summed E-state index contributed by atoms with van der Waals surface area (Å²) in [5.41, 5.74) is 2.16. The van der Waals surface area contributed by atoms with Gasteiger partial charge in [0.2, 0.25) is 5.43 Å². The highest BCUT2D eigenvalue weighted by molar-refractivity contribution is 5.86. The minimum Gasteiger partial charge on any atom is -0.351 e. The van der Waals surface area contributed by atoms with Crippen molar-refractivity contribution in [2.24, 2.45) is 7.05 Å². The van der Waals surface area contributed by atoms with Gasteiger partial charge in [0, 0.05) is 18.4 Å². The minimum absolute atomic E-state index is 0.161. The predicted molar refractivity (Wildman–Crippen MR) is 115 cm³/mol. The van der Waals surface area contributed by atoms with E-state index in [-0.39, 0.29) is 22.4 Å². The van der Waals surface area contributed by atoms with Gasteiger partial charge in [0.25, 0.3) is 11.0 Å². The van der Waals surface area contributed by atoms with Crippen LogP contribution in [0.5, 0.6) is 0 Å². The van der Waals surface area contributed by atoms with Gasteiger partial charge in [0.15, 0.2) is 0 Å². The molecule has 1 aromatic heterocycles. The van der Waals surface area contributed by atoms with E-state index in [9.17, 15) is 14.4 Å². The Morgan fingerprint density at radius 3 is 2.21 bits per heavy atom. The SMILES string of the molecule is CCc1ccccc1Nc1c(-c2c(C)n(C)n(-c3ccccc3)c2=O)c(=O)c1=O. The van der Waals surface area contributed by atoms with Gasteiger partial charge in [-0.3, -0.25) is 19.1 Å². The molecule has 0 saturated carbocycles. The monoisotopic (exact) mass is 387 g/mol. The van der Waals surface area contributed by atoms with Crippen LogP contribution >= 0.6 is 0 Å². The first-order chi connectivity index (χ1) is 14.0. The number of benzene rings is 2. The molecule has 6 heteroatoms. The van der Waals surface area contributed by atoms with Crippen molar-refractivity contribution in [3.63, 3.8) is 0 Å². The molecule has 0 radical (unpaired) electrons. The van der Waals surface area contributed by atoms with E-state index in [4.69, 9.17) is 0 Å². The first-order valence-corrected chi connectivity index (χ1v) is 9.48. The molecule has 0 atom stereocenters. The van der Waals surface area contributed by atoms with Gasteiger partial charge in [-0.15, -0.1) is 0 Å². The highest BCUT2D eigenvalue weighted by atomic mass is 16.2. The molecule has 0 aliphatic rings. The Kier molecular flexibility index (Phi) is 4.54. The van der Waals surface area contributed by atoms with Gasteiger partial charge >= 0.3 is 0 Å². The van der Waals surface area contributed by atoms with Gasteiger partial charge in [-0.25, -0.2) is 4.68 Å². The molecule has 1 N–H and O–H groups in total. The van der Waals surface area contributed by atoms with Crippen LogP contribution in [0, 0.1) is 6.92 Å². The average Bonchev–Trinajstić information content (AvgIpc) is 2.97. The smallest absolute Gasteiger partial charge is 0.279 e. The molecule has 0 aliphatic carbocycles. The Hall–Kier alpha value is -3.67. The summed E-state index contributed by atoms with van der Waals surface area (Å²) in [6, 6.07) is 16.8. The summed E-state index contributed by atoms with van der Waals surface area (Å²) in [6.45, 7) is 3.79. The molecule has 0 aliphatic heterocycles. The van der Waals surface area contributed by atoms with E-state index < -0.39 is 10.9 Å². The number of nitrogens with zero attached hydrogens (tertiary/aromatic N) is 2. The summed E-state index contributed by atoms with van der Waals surface area (Å²) < 4.78 is 3.21. The normalized spacial score (nSPS) is 11.1. The third-order valence-electron chi connectivity index (χ3n) is 5.37. The lowest BCUT2D eigenvalue weighted by Crippen LogP contribution is -2.37. The molecular weight excluding hydrogens is 366 g/mol. The van der Waals surface area contributed by atoms with E-state index in [1.807, 2.05) is 61.5 Å². The Labute approximate surface area is 167 Å². The van der Waals surface area contributed by atoms with Crippen LogP contribution in [0.25, 0.3) is 16.8 Å². The summed E-state index contributed by atoms with van der Waals surface area (Å²) in [5.74, 6) is 0. The number of aromatic nitrogens is 2. The fourth-order valence-corrected chi connectivity index (χ4v) is 3.69. The van der Waals surface area contributed by atoms with Crippen molar-refractivity contribution in [1.29, 1.82) is 0 Å². The van der Waals surface area contributed by atoms with E-state index in [0.717, 1.165) is 17.7 Å². The third kappa shape index (κ3) is 2.84. The Morgan fingerprint density at radius 1 is 0.862 bits per heavy atom. The van der Waals surface area contributed by atoms with Gasteiger partial charge < -0.3 is 5.32 Å². The van der Waals surface area contributed by atoms with E-state index in [0.29, 0.717) is 11.4 Å². The maximum absolute atomic E-state index is 13.2. The zero-order valence-electron chi connectivity index (χ0n) is 16.5. The third-order valence-corrected chi connectivity index (χ3v) is 5.37. The van der Waals surface area contributed by atoms with Gasteiger partial charge in [0.05, 0.1) is 16.8 Å². The highest BCUT2D eigenvalue weighted by Gasteiger charge is 2.29.